The second-order valence-electron chi connectivity index (χ2n) is 6.05. The predicted octanol–water partition coefficient (Wildman–Crippen LogP) is 5.38. The number of ether oxygens (including phenoxy) is 2. The van der Waals surface area contributed by atoms with Crippen LogP contribution in [0.15, 0.2) is 42.5 Å². The Bertz CT molecular complexity index is 688. The number of phenols is 1. The highest BCUT2D eigenvalue weighted by molar-refractivity contribution is 5.45. The van der Waals surface area contributed by atoms with Crippen LogP contribution in [0.4, 0.5) is 13.2 Å². The molecule has 1 N–H and O–H groups in total. The summed E-state index contributed by atoms with van der Waals surface area (Å²) in [6.45, 7) is 5.88. The molecule has 0 fully saturated rings. The molecule has 0 amide bonds. The van der Waals surface area contributed by atoms with Crippen LogP contribution < -0.4 is 9.47 Å². The van der Waals surface area contributed by atoms with Crippen LogP contribution in [0.3, 0.4) is 0 Å². The minimum atomic E-state index is -4.76. The van der Waals surface area contributed by atoms with Crippen LogP contribution in [-0.4, -0.2) is 11.5 Å². The van der Waals surface area contributed by atoms with E-state index in [1.54, 1.807) is 12.1 Å². The van der Waals surface area contributed by atoms with Crippen molar-refractivity contribution >= 4 is 0 Å². The molecule has 0 radical (unpaired) electrons. The zero-order valence-corrected chi connectivity index (χ0v) is 12.9. The minimum Gasteiger partial charge on any atom is -0.508 e. The summed E-state index contributed by atoms with van der Waals surface area (Å²) in [5.74, 6) is 0.192. The minimum absolute atomic E-state index is 0.0673. The van der Waals surface area contributed by atoms with Gasteiger partial charge in [0.05, 0.1) is 0 Å². The molecule has 0 atom stereocenters. The number of alkyl halides is 3. The van der Waals surface area contributed by atoms with Crippen molar-refractivity contribution < 1.29 is 27.8 Å². The maximum atomic E-state index is 12.2. The van der Waals surface area contributed by atoms with Gasteiger partial charge in [-0.25, -0.2) is 0 Å². The van der Waals surface area contributed by atoms with Gasteiger partial charge in [-0.1, -0.05) is 32.9 Å². The Kier molecular flexibility index (Phi) is 4.45. The molecule has 124 valence electrons. The normalized spacial score (nSPS) is 12.1. The van der Waals surface area contributed by atoms with Gasteiger partial charge in [0.25, 0.3) is 0 Å². The lowest BCUT2D eigenvalue weighted by Gasteiger charge is -2.20. The number of hydrogen-bond donors (Lipinski definition) is 1. The van der Waals surface area contributed by atoms with E-state index in [-0.39, 0.29) is 22.7 Å². The Morgan fingerprint density at radius 3 is 2.04 bits per heavy atom. The Labute approximate surface area is 132 Å². The van der Waals surface area contributed by atoms with Crippen molar-refractivity contribution in [2.75, 3.05) is 0 Å². The molecule has 0 aliphatic heterocycles. The molecule has 2 aromatic carbocycles. The highest BCUT2D eigenvalue weighted by atomic mass is 19.4. The number of rotatable bonds is 3. The first-order valence-corrected chi connectivity index (χ1v) is 6.92. The topological polar surface area (TPSA) is 38.7 Å². The zero-order chi connectivity index (χ0) is 17.3. The molecule has 23 heavy (non-hydrogen) atoms. The second-order valence-corrected chi connectivity index (χ2v) is 6.05. The molecule has 0 aliphatic rings. The van der Waals surface area contributed by atoms with Gasteiger partial charge in [-0.2, -0.15) is 0 Å². The van der Waals surface area contributed by atoms with Crippen molar-refractivity contribution in [1.29, 1.82) is 0 Å². The maximum Gasteiger partial charge on any atom is 0.573 e. The highest BCUT2D eigenvalue weighted by Crippen LogP contribution is 2.35. The smallest absolute Gasteiger partial charge is 0.508 e. The van der Waals surface area contributed by atoms with E-state index in [4.69, 9.17) is 4.74 Å². The summed E-state index contributed by atoms with van der Waals surface area (Å²) >= 11 is 0. The van der Waals surface area contributed by atoms with Gasteiger partial charge in [0.1, 0.15) is 23.0 Å². The van der Waals surface area contributed by atoms with Crippen LogP contribution >= 0.6 is 0 Å². The maximum absolute atomic E-state index is 12.2. The van der Waals surface area contributed by atoms with E-state index in [9.17, 15) is 18.3 Å². The lowest BCUT2D eigenvalue weighted by Crippen LogP contribution is -2.17. The van der Waals surface area contributed by atoms with E-state index in [1.165, 1.54) is 24.3 Å². The molecular weight excluding hydrogens is 309 g/mol. The van der Waals surface area contributed by atoms with Gasteiger partial charge in [0, 0.05) is 12.1 Å². The van der Waals surface area contributed by atoms with E-state index >= 15 is 0 Å². The number of halogens is 3. The van der Waals surface area contributed by atoms with Crippen LogP contribution in [0.5, 0.6) is 23.0 Å². The van der Waals surface area contributed by atoms with Crippen LogP contribution in [0.2, 0.25) is 0 Å². The van der Waals surface area contributed by atoms with Gasteiger partial charge < -0.3 is 14.6 Å². The molecule has 0 saturated carbocycles. The summed E-state index contributed by atoms with van der Waals surface area (Å²) in [7, 11) is 0. The standard InChI is InChI=1S/C17H17F3O3/c1-16(2,3)14-8-7-12(10-15(14)21)22-11-5-4-6-13(9-11)23-17(18,19)20/h4-10,21H,1-3H3. The molecule has 0 aromatic heterocycles. The first-order chi connectivity index (χ1) is 10.5. The molecule has 6 heteroatoms. The Morgan fingerprint density at radius 2 is 1.48 bits per heavy atom. The van der Waals surface area contributed by atoms with Crippen molar-refractivity contribution in [3.63, 3.8) is 0 Å². The Hall–Kier alpha value is -2.37. The summed E-state index contributed by atoms with van der Waals surface area (Å²) in [5, 5.41) is 10.1. The number of benzene rings is 2. The van der Waals surface area contributed by atoms with E-state index < -0.39 is 6.36 Å². The van der Waals surface area contributed by atoms with Gasteiger partial charge >= 0.3 is 6.36 Å². The Balaban J connectivity index is 2.20. The van der Waals surface area contributed by atoms with Crippen molar-refractivity contribution in [3.8, 4) is 23.0 Å². The van der Waals surface area contributed by atoms with Crippen molar-refractivity contribution in [2.45, 2.75) is 32.5 Å². The first-order valence-electron chi connectivity index (χ1n) is 6.92. The summed E-state index contributed by atoms with van der Waals surface area (Å²) in [6.07, 6.45) is -4.76. The molecule has 2 aromatic rings. The fraction of sp³-hybridized carbons (Fsp3) is 0.294. The first kappa shape index (κ1) is 17.0. The number of aromatic hydroxyl groups is 1. The van der Waals surface area contributed by atoms with Crippen molar-refractivity contribution in [3.05, 3.63) is 48.0 Å². The largest absolute Gasteiger partial charge is 0.573 e. The predicted molar refractivity (Wildman–Crippen MR) is 80.0 cm³/mol. The molecule has 0 aliphatic carbocycles. The van der Waals surface area contributed by atoms with E-state index in [0.717, 1.165) is 11.6 Å². The molecule has 3 nitrogen and oxygen atoms in total. The summed E-state index contributed by atoms with van der Waals surface area (Å²) in [4.78, 5) is 0. The molecule has 0 spiro atoms. The summed E-state index contributed by atoms with van der Waals surface area (Å²) < 4.78 is 46.0. The molecule has 0 bridgehead atoms. The van der Waals surface area contributed by atoms with Crippen LogP contribution in [0, 0.1) is 0 Å². The van der Waals surface area contributed by atoms with Crippen molar-refractivity contribution in [2.24, 2.45) is 0 Å². The quantitative estimate of drug-likeness (QED) is 0.823. The van der Waals surface area contributed by atoms with Crippen LogP contribution in [0.1, 0.15) is 26.3 Å². The SMILES string of the molecule is CC(C)(C)c1ccc(Oc2cccc(OC(F)(F)F)c2)cc1O. The Morgan fingerprint density at radius 1 is 0.870 bits per heavy atom. The third-order valence-electron chi connectivity index (χ3n) is 3.05. The summed E-state index contributed by atoms with van der Waals surface area (Å²) in [6, 6.07) is 10.00. The van der Waals surface area contributed by atoms with Gasteiger partial charge in [-0.15, -0.1) is 13.2 Å². The van der Waals surface area contributed by atoms with Gasteiger partial charge in [0.15, 0.2) is 0 Å². The van der Waals surface area contributed by atoms with Crippen molar-refractivity contribution in [1.82, 2.24) is 0 Å². The average Bonchev–Trinajstić information content (AvgIpc) is 2.35. The lowest BCUT2D eigenvalue weighted by molar-refractivity contribution is -0.274. The molecular formula is C17H17F3O3. The van der Waals surface area contributed by atoms with E-state index in [1.807, 2.05) is 20.8 Å². The second kappa shape index (κ2) is 6.02. The molecule has 0 heterocycles. The lowest BCUT2D eigenvalue weighted by atomic mass is 9.86. The number of phenolic OH excluding ortho intramolecular Hbond substituents is 1. The van der Waals surface area contributed by atoms with Crippen LogP contribution in [0.25, 0.3) is 0 Å². The molecule has 2 rings (SSSR count). The van der Waals surface area contributed by atoms with E-state index in [2.05, 4.69) is 4.74 Å². The molecule has 0 unspecified atom stereocenters. The molecule has 0 saturated heterocycles. The summed E-state index contributed by atoms with van der Waals surface area (Å²) in [5.41, 5.74) is 0.516. The van der Waals surface area contributed by atoms with Gasteiger partial charge in [-0.05, 0) is 29.2 Å². The monoisotopic (exact) mass is 326 g/mol. The fourth-order valence-electron chi connectivity index (χ4n) is 2.08. The average molecular weight is 326 g/mol. The third-order valence-corrected chi connectivity index (χ3v) is 3.05. The highest BCUT2D eigenvalue weighted by Gasteiger charge is 2.31. The number of hydrogen-bond acceptors (Lipinski definition) is 3. The van der Waals surface area contributed by atoms with Gasteiger partial charge in [0.2, 0.25) is 0 Å². The van der Waals surface area contributed by atoms with Gasteiger partial charge in [-0.3, -0.25) is 0 Å². The van der Waals surface area contributed by atoms with Crippen LogP contribution in [-0.2, 0) is 5.41 Å². The zero-order valence-electron chi connectivity index (χ0n) is 12.9. The fourth-order valence-corrected chi connectivity index (χ4v) is 2.08. The van der Waals surface area contributed by atoms with E-state index in [0.29, 0.717) is 5.75 Å². The third kappa shape index (κ3) is 4.81.